The van der Waals surface area contributed by atoms with Gasteiger partial charge in [-0.05, 0) is 18.2 Å². The minimum atomic E-state index is 0.447. The second-order valence-corrected chi connectivity index (χ2v) is 5.73. The number of hydrogen-bond donors (Lipinski definition) is 1. The van der Waals surface area contributed by atoms with Gasteiger partial charge in [-0.3, -0.25) is 0 Å². The van der Waals surface area contributed by atoms with Gasteiger partial charge in [0.2, 0.25) is 0 Å². The van der Waals surface area contributed by atoms with Gasteiger partial charge in [-0.2, -0.15) is 0 Å². The Hall–Kier alpha value is -1.26. The van der Waals surface area contributed by atoms with E-state index in [1.165, 1.54) is 17.3 Å². The smallest absolute Gasteiger partial charge is 0.190 e. The van der Waals surface area contributed by atoms with Crippen molar-refractivity contribution >= 4 is 29.2 Å². The van der Waals surface area contributed by atoms with E-state index in [4.69, 9.17) is 11.6 Å². The van der Waals surface area contributed by atoms with Crippen LogP contribution in [0.3, 0.4) is 0 Å². The molecule has 1 aliphatic rings. The summed E-state index contributed by atoms with van der Waals surface area (Å²) in [7, 11) is 0. The van der Waals surface area contributed by atoms with Crippen molar-refractivity contribution in [3.8, 4) is 0 Å². The van der Waals surface area contributed by atoms with Crippen LogP contribution in [-0.4, -0.2) is 22.3 Å². The summed E-state index contributed by atoms with van der Waals surface area (Å²) in [4.78, 5) is 8.55. The molecule has 1 aromatic heterocycles. The first kappa shape index (κ1) is 12.8. The predicted octanol–water partition coefficient (Wildman–Crippen LogP) is 3.82. The fraction of sp³-hybridized carbons (Fsp3) is 0.286. The Balaban J connectivity index is 1.69. The van der Waals surface area contributed by atoms with Crippen LogP contribution in [0.2, 0.25) is 5.15 Å². The Bertz CT molecular complexity index is 576. The zero-order chi connectivity index (χ0) is 13.2. The number of nitrogens with one attached hydrogen (secondary N) is 1. The van der Waals surface area contributed by atoms with Gasteiger partial charge >= 0.3 is 0 Å². The van der Waals surface area contributed by atoms with E-state index in [2.05, 4.69) is 39.6 Å². The summed E-state index contributed by atoms with van der Waals surface area (Å²) in [6, 6.07) is 12.8. The zero-order valence-electron chi connectivity index (χ0n) is 10.5. The first-order valence-corrected chi connectivity index (χ1v) is 7.76. The van der Waals surface area contributed by atoms with Crippen molar-refractivity contribution in [1.82, 2.24) is 9.97 Å². The summed E-state index contributed by atoms with van der Waals surface area (Å²) >= 11 is 7.48. The molecule has 3 nitrogen and oxygen atoms in total. The first-order valence-electron chi connectivity index (χ1n) is 6.16. The van der Waals surface area contributed by atoms with Crippen LogP contribution in [0.25, 0.3) is 0 Å². The summed E-state index contributed by atoms with van der Waals surface area (Å²) in [6.45, 7) is 0. The topological polar surface area (TPSA) is 37.8 Å². The maximum absolute atomic E-state index is 5.98. The molecule has 5 heteroatoms. The van der Waals surface area contributed by atoms with Gasteiger partial charge in [0.05, 0.1) is 0 Å². The monoisotopic (exact) mass is 291 g/mol. The highest BCUT2D eigenvalue weighted by Gasteiger charge is 2.38. The molecule has 0 aliphatic heterocycles. The third kappa shape index (κ3) is 3.01. The van der Waals surface area contributed by atoms with Gasteiger partial charge in [0.15, 0.2) is 5.16 Å². The van der Waals surface area contributed by atoms with E-state index in [-0.39, 0.29) is 0 Å². The Morgan fingerprint density at radius 2 is 2.05 bits per heavy atom. The first-order chi connectivity index (χ1) is 9.26. The van der Waals surface area contributed by atoms with Gasteiger partial charge in [0.1, 0.15) is 11.0 Å². The van der Waals surface area contributed by atoms with Crippen molar-refractivity contribution in [2.24, 2.45) is 0 Å². The van der Waals surface area contributed by atoms with Crippen LogP contribution >= 0.6 is 23.4 Å². The highest BCUT2D eigenvalue weighted by Crippen LogP contribution is 2.42. The van der Waals surface area contributed by atoms with Gasteiger partial charge in [0.25, 0.3) is 0 Å². The van der Waals surface area contributed by atoms with Crippen molar-refractivity contribution in [3.63, 3.8) is 0 Å². The number of thioether (sulfide) groups is 1. The van der Waals surface area contributed by atoms with Crippen molar-refractivity contribution in [3.05, 3.63) is 47.1 Å². The lowest BCUT2D eigenvalue weighted by Crippen LogP contribution is -2.06. The normalized spacial score (nSPS) is 21.2. The molecule has 1 saturated carbocycles. The molecule has 1 heterocycles. The fourth-order valence-corrected chi connectivity index (χ4v) is 2.79. The average Bonchev–Trinajstić information content (AvgIpc) is 3.18. The Kier molecular flexibility index (Phi) is 3.62. The molecule has 1 aliphatic carbocycles. The molecular weight excluding hydrogens is 278 g/mol. The third-order valence-electron chi connectivity index (χ3n) is 3.21. The van der Waals surface area contributed by atoms with Crippen LogP contribution in [0, 0.1) is 0 Å². The van der Waals surface area contributed by atoms with Gasteiger partial charge < -0.3 is 5.32 Å². The molecule has 1 fully saturated rings. The van der Waals surface area contributed by atoms with E-state index >= 15 is 0 Å². The van der Waals surface area contributed by atoms with Crippen molar-refractivity contribution < 1.29 is 0 Å². The molecule has 0 saturated heterocycles. The quantitative estimate of drug-likeness (QED) is 0.528. The average molecular weight is 292 g/mol. The molecule has 98 valence electrons. The van der Waals surface area contributed by atoms with Crippen LogP contribution in [-0.2, 0) is 0 Å². The van der Waals surface area contributed by atoms with Gasteiger partial charge in [-0.25, -0.2) is 9.97 Å². The molecule has 3 rings (SSSR count). The maximum Gasteiger partial charge on any atom is 0.190 e. The van der Waals surface area contributed by atoms with Crippen LogP contribution in [0.4, 0.5) is 5.82 Å². The molecule has 0 amide bonds. The Morgan fingerprint density at radius 1 is 1.26 bits per heavy atom. The highest BCUT2D eigenvalue weighted by atomic mass is 35.5. The molecule has 19 heavy (non-hydrogen) atoms. The summed E-state index contributed by atoms with van der Waals surface area (Å²) in [5.74, 6) is 1.39. The number of nitrogens with zero attached hydrogens (tertiary/aromatic N) is 2. The molecule has 0 radical (unpaired) electrons. The van der Waals surface area contributed by atoms with Gasteiger partial charge in [-0.1, -0.05) is 53.7 Å². The number of aromatic nitrogens is 2. The Morgan fingerprint density at radius 3 is 2.79 bits per heavy atom. The van der Waals surface area contributed by atoms with E-state index in [0.29, 0.717) is 22.3 Å². The van der Waals surface area contributed by atoms with Crippen LogP contribution < -0.4 is 5.32 Å². The minimum Gasteiger partial charge on any atom is -0.367 e. The lowest BCUT2D eigenvalue weighted by atomic mass is 10.1. The summed E-state index contributed by atoms with van der Waals surface area (Å²) in [5.41, 5.74) is 1.38. The molecule has 2 unspecified atom stereocenters. The number of hydrogen-bond acceptors (Lipinski definition) is 4. The fourth-order valence-electron chi connectivity index (χ4n) is 2.18. The minimum absolute atomic E-state index is 0.447. The standard InChI is InChI=1S/C14H14ClN3S/c1-19-14-17-12(15)8-13(18-14)16-11-7-10(11)9-5-3-2-4-6-9/h2-6,8,10-11H,7H2,1H3,(H,16,17,18). The van der Waals surface area contributed by atoms with Crippen LogP contribution in [0.5, 0.6) is 0 Å². The van der Waals surface area contributed by atoms with E-state index in [1.54, 1.807) is 6.07 Å². The van der Waals surface area contributed by atoms with E-state index in [0.717, 1.165) is 12.2 Å². The second kappa shape index (κ2) is 5.39. The summed E-state index contributed by atoms with van der Waals surface area (Å²) < 4.78 is 0. The van der Waals surface area contributed by atoms with E-state index < -0.39 is 0 Å². The largest absolute Gasteiger partial charge is 0.367 e. The predicted molar refractivity (Wildman–Crippen MR) is 80.0 cm³/mol. The number of halogens is 1. The number of rotatable bonds is 4. The summed E-state index contributed by atoms with van der Waals surface area (Å²) in [5, 5.41) is 4.62. The van der Waals surface area contributed by atoms with Crippen LogP contribution in [0.1, 0.15) is 17.9 Å². The van der Waals surface area contributed by atoms with Crippen molar-refractivity contribution in [1.29, 1.82) is 0 Å². The van der Waals surface area contributed by atoms with E-state index in [1.807, 2.05) is 12.3 Å². The van der Waals surface area contributed by atoms with Crippen molar-refractivity contribution in [2.75, 3.05) is 11.6 Å². The maximum atomic E-state index is 5.98. The summed E-state index contributed by atoms with van der Waals surface area (Å²) in [6.07, 6.45) is 3.08. The zero-order valence-corrected chi connectivity index (χ0v) is 12.1. The molecule has 1 aromatic carbocycles. The molecule has 0 spiro atoms. The molecular formula is C14H14ClN3S. The number of anilines is 1. The van der Waals surface area contributed by atoms with Gasteiger partial charge in [0, 0.05) is 18.0 Å². The van der Waals surface area contributed by atoms with Crippen molar-refractivity contribution in [2.45, 2.75) is 23.5 Å². The lowest BCUT2D eigenvalue weighted by Gasteiger charge is -2.06. The Labute approximate surface area is 121 Å². The third-order valence-corrected chi connectivity index (χ3v) is 3.95. The lowest BCUT2D eigenvalue weighted by molar-refractivity contribution is 0.945. The van der Waals surface area contributed by atoms with Crippen LogP contribution in [0.15, 0.2) is 41.6 Å². The molecule has 2 atom stereocenters. The SMILES string of the molecule is CSc1nc(Cl)cc(NC2CC2c2ccccc2)n1. The molecule has 0 bridgehead atoms. The molecule has 2 aromatic rings. The van der Waals surface area contributed by atoms with Gasteiger partial charge in [-0.15, -0.1) is 0 Å². The molecule has 1 N–H and O–H groups in total. The second-order valence-electron chi connectivity index (χ2n) is 4.57. The van der Waals surface area contributed by atoms with E-state index in [9.17, 15) is 0 Å². The number of benzene rings is 1. The highest BCUT2D eigenvalue weighted by molar-refractivity contribution is 7.98.